The lowest BCUT2D eigenvalue weighted by Crippen LogP contribution is -2.58. The number of hydrogen-bond donors (Lipinski definition) is 8. The molecule has 36 heavy (non-hydrogen) atoms. The topological polar surface area (TPSA) is 243 Å². The van der Waals surface area contributed by atoms with Crippen LogP contribution in [0.3, 0.4) is 0 Å². The standard InChI is InChI=1S/C22H32N6O8/c1-12(20(34)28-15(19(24)33)9-13-5-3-2-4-6-13)25-21(35)14(7-8-18(31)32)27-22(36)16(11-29)26-17(30)10-23/h2-6,12,14-16,29H,7-11,23H2,1H3,(H2,24,33)(H,25,35)(H,26,30)(H,27,36)(H,28,34)(H,31,32). The molecule has 14 nitrogen and oxygen atoms in total. The van der Waals surface area contributed by atoms with Crippen molar-refractivity contribution in [2.75, 3.05) is 13.2 Å². The van der Waals surface area contributed by atoms with Crippen molar-refractivity contribution >= 4 is 35.5 Å². The van der Waals surface area contributed by atoms with Crippen molar-refractivity contribution in [3.05, 3.63) is 35.9 Å². The predicted octanol–water partition coefficient (Wildman–Crippen LogP) is -3.51. The normalized spacial score (nSPS) is 13.9. The van der Waals surface area contributed by atoms with Crippen LogP contribution in [0.15, 0.2) is 30.3 Å². The lowest BCUT2D eigenvalue weighted by Gasteiger charge is -2.24. The van der Waals surface area contributed by atoms with Crippen LogP contribution in [0.4, 0.5) is 0 Å². The Labute approximate surface area is 207 Å². The maximum absolute atomic E-state index is 12.7. The third kappa shape index (κ3) is 10.5. The van der Waals surface area contributed by atoms with Gasteiger partial charge in [-0.1, -0.05) is 30.3 Å². The molecule has 14 heteroatoms. The Morgan fingerprint density at radius 2 is 1.44 bits per heavy atom. The number of carbonyl (C=O) groups is 6. The second-order valence-electron chi connectivity index (χ2n) is 7.88. The lowest BCUT2D eigenvalue weighted by atomic mass is 10.0. The third-order valence-corrected chi connectivity index (χ3v) is 4.99. The smallest absolute Gasteiger partial charge is 0.303 e. The van der Waals surface area contributed by atoms with Crippen molar-refractivity contribution in [1.29, 1.82) is 0 Å². The number of hydrogen-bond acceptors (Lipinski definition) is 8. The summed E-state index contributed by atoms with van der Waals surface area (Å²) in [6.07, 6.45) is -0.724. The van der Waals surface area contributed by atoms with Gasteiger partial charge in [-0.05, 0) is 18.9 Å². The number of aliphatic carboxylic acids is 1. The van der Waals surface area contributed by atoms with Gasteiger partial charge in [0.25, 0.3) is 0 Å². The molecule has 1 aromatic rings. The van der Waals surface area contributed by atoms with Gasteiger partial charge >= 0.3 is 5.97 Å². The van der Waals surface area contributed by atoms with E-state index in [2.05, 4.69) is 21.3 Å². The number of carboxylic acid groups (broad SMARTS) is 1. The van der Waals surface area contributed by atoms with E-state index < -0.39 is 79.2 Å². The highest BCUT2D eigenvalue weighted by molar-refractivity contribution is 5.95. The number of carbonyl (C=O) groups excluding carboxylic acids is 5. The van der Waals surface area contributed by atoms with Gasteiger partial charge in [-0.2, -0.15) is 0 Å². The minimum absolute atomic E-state index is 0.122. The van der Waals surface area contributed by atoms with Gasteiger partial charge in [0, 0.05) is 12.8 Å². The van der Waals surface area contributed by atoms with E-state index in [4.69, 9.17) is 16.6 Å². The van der Waals surface area contributed by atoms with E-state index in [1.54, 1.807) is 30.3 Å². The zero-order chi connectivity index (χ0) is 27.3. The van der Waals surface area contributed by atoms with Crippen LogP contribution >= 0.6 is 0 Å². The van der Waals surface area contributed by atoms with E-state index in [1.807, 2.05) is 0 Å². The number of aliphatic hydroxyl groups is 1. The number of rotatable bonds is 15. The zero-order valence-electron chi connectivity index (χ0n) is 19.7. The predicted molar refractivity (Wildman–Crippen MR) is 126 cm³/mol. The summed E-state index contributed by atoms with van der Waals surface area (Å²) in [7, 11) is 0. The second-order valence-corrected chi connectivity index (χ2v) is 7.88. The molecular formula is C22H32N6O8. The van der Waals surface area contributed by atoms with Crippen molar-refractivity contribution in [2.24, 2.45) is 11.5 Å². The van der Waals surface area contributed by atoms with Crippen molar-refractivity contribution in [2.45, 2.75) is 50.4 Å². The summed E-state index contributed by atoms with van der Waals surface area (Å²) in [6.45, 7) is 0.0668. The second kappa shape index (κ2) is 15.1. The summed E-state index contributed by atoms with van der Waals surface area (Å²) in [4.78, 5) is 72.0. The minimum atomic E-state index is -1.43. The Balaban J connectivity index is 2.85. The fourth-order valence-electron chi connectivity index (χ4n) is 3.01. The molecule has 5 amide bonds. The van der Waals surface area contributed by atoms with Crippen LogP contribution < -0.4 is 32.7 Å². The van der Waals surface area contributed by atoms with E-state index in [-0.39, 0.29) is 12.8 Å². The first-order valence-electron chi connectivity index (χ1n) is 11.0. The highest BCUT2D eigenvalue weighted by Crippen LogP contribution is 2.04. The van der Waals surface area contributed by atoms with Gasteiger partial charge in [0.15, 0.2) is 0 Å². The summed E-state index contributed by atoms with van der Waals surface area (Å²) < 4.78 is 0. The van der Waals surface area contributed by atoms with Gasteiger partial charge in [-0.3, -0.25) is 28.8 Å². The summed E-state index contributed by atoms with van der Waals surface area (Å²) >= 11 is 0. The van der Waals surface area contributed by atoms with E-state index in [9.17, 15) is 33.9 Å². The van der Waals surface area contributed by atoms with E-state index in [1.165, 1.54) is 6.92 Å². The van der Waals surface area contributed by atoms with Crippen LogP contribution in [0, 0.1) is 0 Å². The average molecular weight is 509 g/mol. The molecule has 0 aliphatic rings. The van der Waals surface area contributed by atoms with Gasteiger partial charge in [0.2, 0.25) is 29.5 Å². The molecule has 0 aliphatic carbocycles. The fraction of sp³-hybridized carbons (Fsp3) is 0.455. The van der Waals surface area contributed by atoms with Crippen LogP contribution in [0.25, 0.3) is 0 Å². The van der Waals surface area contributed by atoms with Gasteiger partial charge < -0.3 is 42.9 Å². The largest absolute Gasteiger partial charge is 0.481 e. The molecule has 0 spiro atoms. The van der Waals surface area contributed by atoms with Crippen LogP contribution in [0.1, 0.15) is 25.3 Å². The van der Waals surface area contributed by atoms with E-state index >= 15 is 0 Å². The van der Waals surface area contributed by atoms with Crippen LogP contribution in [0.5, 0.6) is 0 Å². The lowest BCUT2D eigenvalue weighted by molar-refractivity contribution is -0.138. The Bertz CT molecular complexity index is 942. The maximum atomic E-state index is 12.7. The fourth-order valence-corrected chi connectivity index (χ4v) is 3.01. The number of carboxylic acids is 1. The molecule has 4 atom stereocenters. The highest BCUT2D eigenvalue weighted by atomic mass is 16.4. The van der Waals surface area contributed by atoms with Gasteiger partial charge in [0.05, 0.1) is 13.2 Å². The Morgan fingerprint density at radius 3 is 1.97 bits per heavy atom. The highest BCUT2D eigenvalue weighted by Gasteiger charge is 2.29. The van der Waals surface area contributed by atoms with Crippen molar-refractivity contribution in [1.82, 2.24) is 21.3 Å². The van der Waals surface area contributed by atoms with Crippen molar-refractivity contribution in [3.8, 4) is 0 Å². The van der Waals surface area contributed by atoms with Gasteiger partial charge in [-0.15, -0.1) is 0 Å². The first kappa shape index (κ1) is 30.0. The molecule has 0 saturated carbocycles. The third-order valence-electron chi connectivity index (χ3n) is 4.99. The number of amides is 5. The SMILES string of the molecule is CC(NC(=O)C(CCC(=O)O)NC(=O)C(CO)NC(=O)CN)C(=O)NC(Cc1ccccc1)C(N)=O. The van der Waals surface area contributed by atoms with E-state index in [0.29, 0.717) is 0 Å². The molecule has 0 saturated heterocycles. The molecular weight excluding hydrogens is 476 g/mol. The quantitative estimate of drug-likeness (QED) is 0.117. The molecule has 1 rings (SSSR count). The molecule has 0 bridgehead atoms. The molecule has 0 aromatic heterocycles. The van der Waals surface area contributed by atoms with Crippen LogP contribution in [-0.4, -0.2) is 83.0 Å². The number of nitrogens with one attached hydrogen (secondary N) is 4. The molecule has 1 aromatic carbocycles. The minimum Gasteiger partial charge on any atom is -0.481 e. The van der Waals surface area contributed by atoms with E-state index in [0.717, 1.165) is 5.56 Å². The molecule has 4 unspecified atom stereocenters. The summed E-state index contributed by atoms with van der Waals surface area (Å²) in [6, 6.07) is 3.70. The Morgan fingerprint density at radius 1 is 0.861 bits per heavy atom. The monoisotopic (exact) mass is 508 g/mol. The first-order valence-corrected chi connectivity index (χ1v) is 11.0. The number of benzene rings is 1. The summed E-state index contributed by atoms with van der Waals surface area (Å²) in [5.41, 5.74) is 11.3. The van der Waals surface area contributed by atoms with Crippen LogP contribution in [0.2, 0.25) is 0 Å². The van der Waals surface area contributed by atoms with Crippen molar-refractivity contribution < 1.29 is 39.0 Å². The van der Waals surface area contributed by atoms with Gasteiger partial charge in [-0.25, -0.2) is 0 Å². The molecule has 0 fully saturated rings. The average Bonchev–Trinajstić information content (AvgIpc) is 2.84. The first-order chi connectivity index (χ1) is 17.0. The molecule has 0 radical (unpaired) electrons. The Kier molecular flexibility index (Phi) is 12.5. The zero-order valence-corrected chi connectivity index (χ0v) is 19.7. The molecule has 10 N–H and O–H groups in total. The summed E-state index contributed by atoms with van der Waals surface area (Å²) in [5.74, 6) is -5.36. The Hall–Kier alpha value is -4.04. The summed E-state index contributed by atoms with van der Waals surface area (Å²) in [5, 5.41) is 27.5. The molecule has 0 heterocycles. The molecule has 198 valence electrons. The number of aliphatic hydroxyl groups excluding tert-OH is 1. The van der Waals surface area contributed by atoms with Crippen molar-refractivity contribution in [3.63, 3.8) is 0 Å². The number of nitrogens with two attached hydrogens (primary N) is 2. The van der Waals surface area contributed by atoms with Gasteiger partial charge in [0.1, 0.15) is 24.2 Å². The molecule has 0 aliphatic heterocycles. The number of primary amides is 1. The van der Waals surface area contributed by atoms with Crippen LogP contribution in [-0.2, 0) is 35.2 Å². The maximum Gasteiger partial charge on any atom is 0.303 e.